The van der Waals surface area contributed by atoms with Crippen LogP contribution in [0.15, 0.2) is 29.2 Å². The maximum Gasteiger partial charge on any atom is 0.309 e. The summed E-state index contributed by atoms with van der Waals surface area (Å²) in [6, 6.07) is 4.72. The maximum atomic E-state index is 12.4. The Balaban J connectivity index is 1.61. The molecule has 0 radical (unpaired) electrons. The van der Waals surface area contributed by atoms with Crippen molar-refractivity contribution >= 4 is 23.2 Å². The second kappa shape index (κ2) is 7.39. The van der Waals surface area contributed by atoms with Crippen molar-refractivity contribution in [2.45, 2.75) is 53.1 Å². The molecule has 1 fully saturated rings. The average Bonchev–Trinajstić information content (AvgIpc) is 2.59. The van der Waals surface area contributed by atoms with Gasteiger partial charge >= 0.3 is 5.97 Å². The zero-order valence-corrected chi connectivity index (χ0v) is 16.3. The van der Waals surface area contributed by atoms with Crippen LogP contribution in [0.3, 0.4) is 0 Å². The van der Waals surface area contributed by atoms with Gasteiger partial charge in [-0.2, -0.15) is 0 Å². The lowest BCUT2D eigenvalue weighted by Gasteiger charge is -2.36. The molecule has 6 heteroatoms. The highest BCUT2D eigenvalue weighted by atomic mass is 35.5. The van der Waals surface area contributed by atoms with Crippen molar-refractivity contribution in [3.8, 4) is 0 Å². The second-order valence-corrected chi connectivity index (χ2v) is 8.62. The Morgan fingerprint density at radius 2 is 1.96 bits per heavy atom. The SMILES string of the molecule is CC(C)(C)C1CCC(C(=O)OCc2cc(=O)n3cc(Cl)ccc3n2)CC1. The van der Waals surface area contributed by atoms with Gasteiger partial charge in [0, 0.05) is 12.3 Å². The molecule has 26 heavy (non-hydrogen) atoms. The zero-order chi connectivity index (χ0) is 18.9. The standard InChI is InChI=1S/C20H25ClN2O3/c1-20(2,3)14-6-4-13(5-7-14)19(25)26-12-16-10-18(24)23-11-15(21)8-9-17(23)22-16/h8-11,13-14H,4-7,12H2,1-3H3. The molecular formula is C20H25ClN2O3. The molecule has 5 nitrogen and oxygen atoms in total. The first-order valence-corrected chi connectivity index (χ1v) is 9.46. The Bertz CT molecular complexity index is 861. The molecule has 2 aromatic rings. The van der Waals surface area contributed by atoms with Crippen LogP contribution in [0.1, 0.15) is 52.1 Å². The van der Waals surface area contributed by atoms with Gasteiger partial charge in [-0.25, -0.2) is 4.98 Å². The van der Waals surface area contributed by atoms with E-state index in [0.717, 1.165) is 25.7 Å². The van der Waals surface area contributed by atoms with Crippen molar-refractivity contribution in [3.63, 3.8) is 0 Å². The first-order chi connectivity index (χ1) is 12.2. The first kappa shape index (κ1) is 18.9. The van der Waals surface area contributed by atoms with Crippen LogP contribution in [0, 0.1) is 17.3 Å². The highest BCUT2D eigenvalue weighted by Crippen LogP contribution is 2.40. The van der Waals surface area contributed by atoms with E-state index in [-0.39, 0.29) is 29.5 Å². The number of hydrogen-bond donors (Lipinski definition) is 0. The Kier molecular flexibility index (Phi) is 5.37. The molecule has 0 spiro atoms. The number of aromatic nitrogens is 2. The predicted molar refractivity (Wildman–Crippen MR) is 101 cm³/mol. The lowest BCUT2D eigenvalue weighted by atomic mass is 9.70. The molecule has 1 aliphatic carbocycles. The fraction of sp³-hybridized carbons (Fsp3) is 0.550. The van der Waals surface area contributed by atoms with Crippen molar-refractivity contribution in [1.82, 2.24) is 9.38 Å². The maximum absolute atomic E-state index is 12.4. The summed E-state index contributed by atoms with van der Waals surface area (Å²) >= 11 is 5.90. The quantitative estimate of drug-likeness (QED) is 0.751. The van der Waals surface area contributed by atoms with Gasteiger partial charge in [-0.3, -0.25) is 14.0 Å². The number of ether oxygens (including phenoxy) is 1. The van der Waals surface area contributed by atoms with Gasteiger partial charge in [0.25, 0.3) is 5.56 Å². The van der Waals surface area contributed by atoms with Crippen molar-refractivity contribution in [2.24, 2.45) is 17.3 Å². The lowest BCUT2D eigenvalue weighted by Crippen LogP contribution is -2.29. The molecule has 2 heterocycles. The smallest absolute Gasteiger partial charge is 0.309 e. The largest absolute Gasteiger partial charge is 0.459 e. The summed E-state index contributed by atoms with van der Waals surface area (Å²) in [5.41, 5.74) is 0.983. The predicted octanol–water partition coefficient (Wildman–Crippen LogP) is 4.24. The van der Waals surface area contributed by atoms with Crippen molar-refractivity contribution in [3.05, 3.63) is 45.5 Å². The molecule has 0 saturated heterocycles. The monoisotopic (exact) mass is 376 g/mol. The summed E-state index contributed by atoms with van der Waals surface area (Å²) < 4.78 is 6.82. The minimum Gasteiger partial charge on any atom is -0.459 e. The number of nitrogens with zero attached hydrogens (tertiary/aromatic N) is 2. The Hall–Kier alpha value is -1.88. The van der Waals surface area contributed by atoms with Crippen LogP contribution in [-0.4, -0.2) is 15.4 Å². The fourth-order valence-electron chi connectivity index (χ4n) is 3.66. The molecule has 0 atom stereocenters. The highest BCUT2D eigenvalue weighted by molar-refractivity contribution is 6.30. The van der Waals surface area contributed by atoms with Gasteiger partial charge in [-0.05, 0) is 49.1 Å². The van der Waals surface area contributed by atoms with E-state index in [2.05, 4.69) is 25.8 Å². The summed E-state index contributed by atoms with van der Waals surface area (Å²) in [5.74, 6) is 0.421. The lowest BCUT2D eigenvalue weighted by molar-refractivity contribution is -0.151. The summed E-state index contributed by atoms with van der Waals surface area (Å²) in [7, 11) is 0. The zero-order valence-electron chi connectivity index (χ0n) is 15.5. The van der Waals surface area contributed by atoms with E-state index >= 15 is 0 Å². The number of esters is 1. The number of carbonyl (C=O) groups is 1. The van der Waals surface area contributed by atoms with Gasteiger partial charge < -0.3 is 4.74 Å². The van der Waals surface area contributed by atoms with Crippen molar-refractivity contribution in [1.29, 1.82) is 0 Å². The molecule has 0 N–H and O–H groups in total. The topological polar surface area (TPSA) is 60.7 Å². The molecule has 0 aromatic carbocycles. The van der Waals surface area contributed by atoms with E-state index < -0.39 is 0 Å². The third-order valence-corrected chi connectivity index (χ3v) is 5.55. The first-order valence-electron chi connectivity index (χ1n) is 9.08. The van der Waals surface area contributed by atoms with Gasteiger partial charge in [0.15, 0.2) is 0 Å². The van der Waals surface area contributed by atoms with Crippen LogP contribution >= 0.6 is 11.6 Å². The third kappa shape index (κ3) is 4.26. The van der Waals surface area contributed by atoms with E-state index in [1.807, 2.05) is 0 Å². The van der Waals surface area contributed by atoms with Gasteiger partial charge in [0.2, 0.25) is 0 Å². The summed E-state index contributed by atoms with van der Waals surface area (Å²) in [5, 5.41) is 0.464. The van der Waals surface area contributed by atoms with Crippen LogP contribution in [-0.2, 0) is 16.1 Å². The van der Waals surface area contributed by atoms with E-state index in [1.165, 1.54) is 16.7 Å². The van der Waals surface area contributed by atoms with Gasteiger partial charge in [0.1, 0.15) is 12.3 Å². The minimum absolute atomic E-state index is 0.0202. The number of pyridine rings is 1. The van der Waals surface area contributed by atoms with Crippen LogP contribution in [0.2, 0.25) is 5.02 Å². The van der Waals surface area contributed by atoms with Crippen LogP contribution in [0.4, 0.5) is 0 Å². The highest BCUT2D eigenvalue weighted by Gasteiger charge is 2.33. The average molecular weight is 377 g/mol. The number of halogens is 1. The number of fused-ring (bicyclic) bond motifs is 1. The number of rotatable bonds is 3. The van der Waals surface area contributed by atoms with Crippen LogP contribution in [0.5, 0.6) is 0 Å². The number of hydrogen-bond acceptors (Lipinski definition) is 4. The van der Waals surface area contributed by atoms with E-state index in [9.17, 15) is 9.59 Å². The van der Waals surface area contributed by atoms with E-state index in [0.29, 0.717) is 22.3 Å². The second-order valence-electron chi connectivity index (χ2n) is 8.18. The normalized spacial score (nSPS) is 20.9. The van der Waals surface area contributed by atoms with Crippen LogP contribution < -0.4 is 5.56 Å². The van der Waals surface area contributed by atoms with Gasteiger partial charge in [-0.15, -0.1) is 0 Å². The molecule has 2 aromatic heterocycles. The van der Waals surface area contributed by atoms with Crippen molar-refractivity contribution < 1.29 is 9.53 Å². The minimum atomic E-state index is -0.241. The number of carbonyl (C=O) groups excluding carboxylic acids is 1. The molecule has 3 rings (SSSR count). The Labute approximate surface area is 158 Å². The molecule has 0 bridgehead atoms. The summed E-state index contributed by atoms with van der Waals surface area (Å²) in [6.45, 7) is 6.79. The van der Waals surface area contributed by atoms with Gasteiger partial charge in [-0.1, -0.05) is 32.4 Å². The molecule has 1 saturated carbocycles. The fourth-order valence-corrected chi connectivity index (χ4v) is 3.82. The Morgan fingerprint density at radius 1 is 1.27 bits per heavy atom. The molecule has 140 valence electrons. The molecule has 0 unspecified atom stereocenters. The Morgan fingerprint density at radius 3 is 2.62 bits per heavy atom. The molecule has 1 aliphatic rings. The van der Waals surface area contributed by atoms with Crippen molar-refractivity contribution in [2.75, 3.05) is 0 Å². The van der Waals surface area contributed by atoms with E-state index in [1.54, 1.807) is 12.1 Å². The summed E-state index contributed by atoms with van der Waals surface area (Å²) in [6.07, 6.45) is 5.37. The summed E-state index contributed by atoms with van der Waals surface area (Å²) in [4.78, 5) is 28.9. The molecule has 0 amide bonds. The van der Waals surface area contributed by atoms with Crippen LogP contribution in [0.25, 0.3) is 5.65 Å². The molecular weight excluding hydrogens is 352 g/mol. The third-order valence-electron chi connectivity index (χ3n) is 5.32. The molecule has 0 aliphatic heterocycles. The van der Waals surface area contributed by atoms with E-state index in [4.69, 9.17) is 16.3 Å². The van der Waals surface area contributed by atoms with Gasteiger partial charge in [0.05, 0.1) is 16.6 Å².